The van der Waals surface area contributed by atoms with Gasteiger partial charge in [0.15, 0.2) is 0 Å². The normalized spacial score (nSPS) is 16.1. The molecule has 0 spiro atoms. The number of urea groups is 1. The van der Waals surface area contributed by atoms with E-state index >= 15 is 0 Å². The summed E-state index contributed by atoms with van der Waals surface area (Å²) in [7, 11) is 5.56. The largest absolute Gasteiger partial charge is 0.370 e. The van der Waals surface area contributed by atoms with E-state index in [1.807, 2.05) is 12.2 Å². The van der Waals surface area contributed by atoms with E-state index in [1.54, 1.807) is 0 Å². The number of nitrogens with zero attached hydrogens (tertiary/aromatic N) is 2. The van der Waals surface area contributed by atoms with Gasteiger partial charge in [-0.3, -0.25) is 4.79 Å². The zero-order valence-electron chi connectivity index (χ0n) is 13.6. The Kier molecular flexibility index (Phi) is 6.73. The van der Waals surface area contributed by atoms with Crippen LogP contribution < -0.4 is 0 Å². The molecule has 1 aliphatic rings. The molecule has 1 fully saturated rings. The van der Waals surface area contributed by atoms with Crippen molar-refractivity contribution in [2.45, 2.75) is 53.4 Å². The summed E-state index contributed by atoms with van der Waals surface area (Å²) in [6.45, 7) is 8.31. The topological polar surface area (TPSA) is 40.6 Å². The van der Waals surface area contributed by atoms with E-state index in [1.165, 1.54) is 10.5 Å². The van der Waals surface area contributed by atoms with Gasteiger partial charge < -0.3 is 4.81 Å². The zero-order valence-corrected chi connectivity index (χ0v) is 13.6. The van der Waals surface area contributed by atoms with Gasteiger partial charge in [0, 0.05) is 5.70 Å². The number of hydrogen-bond donors (Lipinski definition) is 0. The van der Waals surface area contributed by atoms with Crippen LogP contribution in [0.4, 0.5) is 4.79 Å². The van der Waals surface area contributed by atoms with Gasteiger partial charge in [0.05, 0.1) is 6.54 Å². The third-order valence-corrected chi connectivity index (χ3v) is 3.97. The molecule has 5 heteroatoms. The average Bonchev–Trinajstić information content (AvgIpc) is 2.73. The molecule has 0 aromatic heterocycles. The summed E-state index contributed by atoms with van der Waals surface area (Å²) in [6, 6.07) is -0.444. The van der Waals surface area contributed by atoms with Crippen molar-refractivity contribution in [2.24, 2.45) is 5.92 Å². The Morgan fingerprint density at radius 3 is 2.14 bits per heavy atom. The molecule has 2 radical (unpaired) electrons. The van der Waals surface area contributed by atoms with Gasteiger partial charge in [-0.25, -0.2) is 9.69 Å². The van der Waals surface area contributed by atoms with Crippen LogP contribution in [-0.4, -0.2) is 36.2 Å². The van der Waals surface area contributed by atoms with Crippen LogP contribution in [0.5, 0.6) is 0 Å². The van der Waals surface area contributed by atoms with Crippen molar-refractivity contribution in [2.75, 3.05) is 6.54 Å². The van der Waals surface area contributed by atoms with E-state index in [0.29, 0.717) is 11.6 Å². The lowest BCUT2D eigenvalue weighted by Crippen LogP contribution is -2.31. The molecule has 1 aliphatic heterocycles. The minimum Gasteiger partial charge on any atom is -0.370 e. The van der Waals surface area contributed by atoms with Crippen molar-refractivity contribution in [1.29, 1.82) is 0 Å². The molecular formula is C16H25BN2O2. The molecule has 0 atom stereocenters. The minimum atomic E-state index is -0.444. The van der Waals surface area contributed by atoms with Gasteiger partial charge in [0.25, 0.3) is 5.91 Å². The maximum atomic E-state index is 12.1. The maximum absolute atomic E-state index is 12.1. The second-order valence-electron chi connectivity index (χ2n) is 5.32. The van der Waals surface area contributed by atoms with Crippen LogP contribution in [0.15, 0.2) is 23.4 Å². The van der Waals surface area contributed by atoms with Gasteiger partial charge in [0.1, 0.15) is 0 Å². The minimum absolute atomic E-state index is 0.0550. The van der Waals surface area contributed by atoms with Gasteiger partial charge in [-0.2, -0.15) is 0 Å². The van der Waals surface area contributed by atoms with Crippen LogP contribution in [0, 0.1) is 5.92 Å². The van der Waals surface area contributed by atoms with Crippen LogP contribution in [0.1, 0.15) is 53.4 Å². The molecule has 0 saturated carbocycles. The van der Waals surface area contributed by atoms with Crippen molar-refractivity contribution in [3.63, 3.8) is 0 Å². The van der Waals surface area contributed by atoms with Crippen molar-refractivity contribution in [3.8, 4) is 0 Å². The lowest BCUT2D eigenvalue weighted by Gasteiger charge is -2.19. The SMILES string of the molecule is [B]N1CC(=O)N(/C(C=C(CC)CC)=C/C(CC)CC)C1=O. The van der Waals surface area contributed by atoms with E-state index in [4.69, 9.17) is 7.98 Å². The molecule has 1 rings (SSSR count). The quantitative estimate of drug-likeness (QED) is 0.409. The van der Waals surface area contributed by atoms with E-state index in [9.17, 15) is 9.59 Å². The Bertz CT molecular complexity index is 447. The molecule has 4 nitrogen and oxygen atoms in total. The standard InChI is InChI=1S/C16H25BN2O2/c1-5-12(6-2)9-14(10-13(7-3)8-4)19-15(20)11-18(17)16(19)21/h9-10,12H,5-8,11H2,1-4H3/b14-9+. The molecule has 1 saturated heterocycles. The molecule has 0 bridgehead atoms. The third kappa shape index (κ3) is 4.22. The van der Waals surface area contributed by atoms with Gasteiger partial charge in [0.2, 0.25) is 7.98 Å². The van der Waals surface area contributed by atoms with Crippen molar-refractivity contribution in [3.05, 3.63) is 23.4 Å². The summed E-state index contributed by atoms with van der Waals surface area (Å²) in [5, 5.41) is 0. The van der Waals surface area contributed by atoms with Crippen LogP contribution in [0.25, 0.3) is 0 Å². The van der Waals surface area contributed by atoms with Crippen molar-refractivity contribution < 1.29 is 9.59 Å². The fraction of sp³-hybridized carbons (Fsp3) is 0.625. The third-order valence-electron chi connectivity index (χ3n) is 3.97. The first-order valence-electron chi connectivity index (χ1n) is 7.78. The smallest absolute Gasteiger partial charge is 0.318 e. The summed E-state index contributed by atoms with van der Waals surface area (Å²) >= 11 is 0. The molecule has 0 unspecified atom stereocenters. The number of hydrogen-bond acceptors (Lipinski definition) is 2. The van der Waals surface area contributed by atoms with E-state index < -0.39 is 6.03 Å². The zero-order chi connectivity index (χ0) is 16.0. The molecule has 21 heavy (non-hydrogen) atoms. The number of imide groups is 1. The Hall–Kier alpha value is -1.52. The number of carbonyl (C=O) groups excluding carboxylic acids is 2. The van der Waals surface area contributed by atoms with E-state index in [2.05, 4.69) is 27.7 Å². The molecule has 0 N–H and O–H groups in total. The lowest BCUT2D eigenvalue weighted by molar-refractivity contribution is -0.123. The highest BCUT2D eigenvalue weighted by Gasteiger charge is 2.35. The average molecular weight is 288 g/mol. The molecule has 114 valence electrons. The predicted molar refractivity (Wildman–Crippen MR) is 85.5 cm³/mol. The summed E-state index contributed by atoms with van der Waals surface area (Å²) in [6.07, 6.45) is 7.75. The summed E-state index contributed by atoms with van der Waals surface area (Å²) < 4.78 is 0. The number of allylic oxidation sites excluding steroid dienone is 3. The first-order chi connectivity index (χ1) is 9.98. The van der Waals surface area contributed by atoms with E-state index in [-0.39, 0.29) is 12.5 Å². The fourth-order valence-corrected chi connectivity index (χ4v) is 2.39. The van der Waals surface area contributed by atoms with Crippen LogP contribution in [0.3, 0.4) is 0 Å². The van der Waals surface area contributed by atoms with Crippen LogP contribution in [0.2, 0.25) is 0 Å². The van der Waals surface area contributed by atoms with E-state index in [0.717, 1.165) is 30.5 Å². The molecular weight excluding hydrogens is 263 g/mol. The van der Waals surface area contributed by atoms with Crippen molar-refractivity contribution >= 4 is 19.9 Å². The maximum Gasteiger partial charge on any atom is 0.318 e. The molecule has 0 aliphatic carbocycles. The summed E-state index contributed by atoms with van der Waals surface area (Å²) in [5.74, 6) is 0.0844. The van der Waals surface area contributed by atoms with Crippen LogP contribution >= 0.6 is 0 Å². The van der Waals surface area contributed by atoms with Gasteiger partial charge in [-0.05, 0) is 37.7 Å². The number of carbonyl (C=O) groups is 2. The number of rotatable bonds is 7. The highest BCUT2D eigenvalue weighted by molar-refractivity contribution is 6.21. The van der Waals surface area contributed by atoms with Crippen LogP contribution in [-0.2, 0) is 4.79 Å². The predicted octanol–water partition coefficient (Wildman–Crippen LogP) is 3.40. The Morgan fingerprint density at radius 2 is 1.76 bits per heavy atom. The Labute approximate surface area is 129 Å². The summed E-state index contributed by atoms with van der Waals surface area (Å²) in [4.78, 5) is 26.4. The van der Waals surface area contributed by atoms with Gasteiger partial charge in [-0.1, -0.05) is 39.3 Å². The Balaban J connectivity index is 3.22. The van der Waals surface area contributed by atoms with Gasteiger partial charge in [-0.15, -0.1) is 0 Å². The molecule has 0 aromatic carbocycles. The first-order valence-corrected chi connectivity index (χ1v) is 7.78. The first kappa shape index (κ1) is 17.5. The molecule has 3 amide bonds. The molecule has 1 heterocycles. The second-order valence-corrected chi connectivity index (χ2v) is 5.32. The highest BCUT2D eigenvalue weighted by Crippen LogP contribution is 2.23. The summed E-state index contributed by atoms with van der Waals surface area (Å²) in [5.41, 5.74) is 1.88. The lowest BCUT2D eigenvalue weighted by atomic mass is 10.00. The highest BCUT2D eigenvalue weighted by atomic mass is 16.2. The molecule has 0 aromatic rings. The van der Waals surface area contributed by atoms with Gasteiger partial charge >= 0.3 is 6.03 Å². The monoisotopic (exact) mass is 288 g/mol. The Morgan fingerprint density at radius 1 is 1.19 bits per heavy atom. The second kappa shape index (κ2) is 8.06. The number of amides is 3. The fourth-order valence-electron chi connectivity index (χ4n) is 2.39. The van der Waals surface area contributed by atoms with Crippen molar-refractivity contribution in [1.82, 2.24) is 9.71 Å².